The molecule has 1 saturated carbocycles. The Kier molecular flexibility index (Phi) is 7.33. The molecule has 1 aliphatic carbocycles. The van der Waals surface area contributed by atoms with E-state index in [4.69, 9.17) is 5.11 Å². The van der Waals surface area contributed by atoms with Gasteiger partial charge in [0.1, 0.15) is 0 Å². The lowest BCUT2D eigenvalue weighted by Crippen LogP contribution is -2.38. The molecule has 0 radical (unpaired) electrons. The number of hydrogen-bond acceptors (Lipinski definition) is 2. The summed E-state index contributed by atoms with van der Waals surface area (Å²) in [5.41, 5.74) is 0. The lowest BCUT2D eigenvalue weighted by atomic mass is 10.1. The minimum atomic E-state index is -0.687. The first-order chi connectivity index (χ1) is 8.63. The summed E-state index contributed by atoms with van der Waals surface area (Å²) in [5, 5.41) is 8.97. The summed E-state index contributed by atoms with van der Waals surface area (Å²) in [7, 11) is 0. The largest absolute Gasteiger partial charge is 0.480 e. The van der Waals surface area contributed by atoms with Crippen molar-refractivity contribution in [2.24, 2.45) is 5.92 Å². The van der Waals surface area contributed by atoms with Crippen LogP contribution in [0.3, 0.4) is 0 Å². The van der Waals surface area contributed by atoms with Crippen LogP contribution in [-0.4, -0.2) is 35.1 Å². The van der Waals surface area contributed by atoms with Gasteiger partial charge >= 0.3 is 5.97 Å². The highest BCUT2D eigenvalue weighted by atomic mass is 16.4. The van der Waals surface area contributed by atoms with E-state index in [1.54, 1.807) is 0 Å². The number of carboxylic acid groups (broad SMARTS) is 1. The van der Waals surface area contributed by atoms with Crippen molar-refractivity contribution in [1.29, 1.82) is 0 Å². The normalized spacial score (nSPS) is 17.1. The van der Waals surface area contributed by atoms with Gasteiger partial charge in [0.25, 0.3) is 0 Å². The van der Waals surface area contributed by atoms with Crippen molar-refractivity contribution in [2.75, 3.05) is 13.1 Å². The van der Waals surface area contributed by atoms with Gasteiger partial charge < -0.3 is 5.11 Å². The fourth-order valence-corrected chi connectivity index (χ4v) is 2.43. The van der Waals surface area contributed by atoms with Crippen LogP contribution < -0.4 is 0 Å². The second-order valence-electron chi connectivity index (χ2n) is 5.82. The van der Waals surface area contributed by atoms with Gasteiger partial charge in [-0.25, -0.2) is 0 Å². The molecule has 3 heteroatoms. The van der Waals surface area contributed by atoms with Gasteiger partial charge in [0, 0.05) is 12.6 Å². The molecular formula is C15H29NO2. The van der Waals surface area contributed by atoms with Gasteiger partial charge in [0.2, 0.25) is 0 Å². The van der Waals surface area contributed by atoms with Crippen LogP contribution in [-0.2, 0) is 4.79 Å². The van der Waals surface area contributed by atoms with E-state index in [-0.39, 0.29) is 6.54 Å². The van der Waals surface area contributed by atoms with E-state index in [9.17, 15) is 4.79 Å². The Morgan fingerprint density at radius 3 is 2.50 bits per heavy atom. The molecule has 0 heterocycles. The maximum Gasteiger partial charge on any atom is 0.317 e. The zero-order valence-electron chi connectivity index (χ0n) is 12.0. The second-order valence-corrected chi connectivity index (χ2v) is 5.82. The number of hydrogen-bond donors (Lipinski definition) is 1. The number of unbranched alkanes of at least 4 members (excludes halogenated alkanes) is 4. The van der Waals surface area contributed by atoms with E-state index in [0.717, 1.165) is 18.9 Å². The molecule has 1 unspecified atom stereocenters. The van der Waals surface area contributed by atoms with Crippen molar-refractivity contribution in [3.63, 3.8) is 0 Å². The van der Waals surface area contributed by atoms with E-state index in [1.165, 1.54) is 44.9 Å². The molecule has 3 nitrogen and oxygen atoms in total. The Labute approximate surface area is 112 Å². The first kappa shape index (κ1) is 15.5. The predicted octanol–water partition coefficient (Wildman–Crippen LogP) is 3.53. The van der Waals surface area contributed by atoms with E-state index in [1.807, 2.05) is 0 Å². The van der Waals surface area contributed by atoms with Crippen LogP contribution in [0.2, 0.25) is 0 Å². The smallest absolute Gasteiger partial charge is 0.317 e. The van der Waals surface area contributed by atoms with Crippen molar-refractivity contribution in [3.05, 3.63) is 0 Å². The maximum atomic E-state index is 10.9. The Morgan fingerprint density at radius 2 is 1.94 bits per heavy atom. The van der Waals surface area contributed by atoms with Crippen LogP contribution in [0.1, 0.15) is 65.2 Å². The summed E-state index contributed by atoms with van der Waals surface area (Å²) in [6, 6.07) is 0.420. The minimum Gasteiger partial charge on any atom is -0.480 e. The molecule has 18 heavy (non-hydrogen) atoms. The van der Waals surface area contributed by atoms with Crippen molar-refractivity contribution < 1.29 is 9.90 Å². The molecule has 0 bridgehead atoms. The van der Waals surface area contributed by atoms with E-state index < -0.39 is 5.97 Å². The third-order valence-electron chi connectivity index (χ3n) is 3.88. The van der Waals surface area contributed by atoms with Crippen LogP contribution in [0.4, 0.5) is 0 Å². The first-order valence-corrected chi connectivity index (χ1v) is 7.59. The van der Waals surface area contributed by atoms with Crippen LogP contribution in [0, 0.1) is 5.92 Å². The topological polar surface area (TPSA) is 40.5 Å². The number of rotatable bonds is 11. The molecule has 0 saturated heterocycles. The molecular weight excluding hydrogens is 226 g/mol. The fraction of sp³-hybridized carbons (Fsp3) is 0.933. The standard InChI is InChI=1S/C15H29NO2/c1-3-4-5-6-7-8-13(2)16(12-15(17)18)11-14-9-10-14/h13-14H,3-12H2,1-2H3,(H,17,18). The number of carbonyl (C=O) groups is 1. The maximum absolute atomic E-state index is 10.9. The highest BCUT2D eigenvalue weighted by molar-refractivity contribution is 5.69. The third kappa shape index (κ3) is 7.00. The molecule has 1 fully saturated rings. The van der Waals surface area contributed by atoms with Crippen molar-refractivity contribution in [2.45, 2.75) is 71.3 Å². The average Bonchev–Trinajstić information content (AvgIpc) is 3.11. The molecule has 1 N–H and O–H groups in total. The number of nitrogens with zero attached hydrogens (tertiary/aromatic N) is 1. The number of aliphatic carboxylic acids is 1. The second kappa shape index (κ2) is 8.52. The summed E-state index contributed by atoms with van der Waals surface area (Å²) in [6.07, 6.45) is 10.2. The molecule has 106 valence electrons. The summed E-state index contributed by atoms with van der Waals surface area (Å²) in [6.45, 7) is 5.62. The first-order valence-electron chi connectivity index (χ1n) is 7.59. The molecule has 0 aromatic heterocycles. The van der Waals surface area contributed by atoms with Crippen molar-refractivity contribution in [1.82, 2.24) is 4.90 Å². The van der Waals surface area contributed by atoms with Crippen LogP contribution in [0.5, 0.6) is 0 Å². The molecule has 0 aromatic carbocycles. The molecule has 1 rings (SSSR count). The molecule has 0 aliphatic heterocycles. The van der Waals surface area contributed by atoms with E-state index in [2.05, 4.69) is 18.7 Å². The zero-order chi connectivity index (χ0) is 13.4. The molecule has 1 aliphatic rings. The SMILES string of the molecule is CCCCCCCC(C)N(CC(=O)O)CC1CC1. The van der Waals surface area contributed by atoms with E-state index in [0.29, 0.717) is 6.04 Å². The highest BCUT2D eigenvalue weighted by Gasteiger charge is 2.27. The van der Waals surface area contributed by atoms with Crippen LogP contribution in [0.15, 0.2) is 0 Å². The molecule has 0 spiro atoms. The van der Waals surface area contributed by atoms with Gasteiger partial charge in [0.05, 0.1) is 6.54 Å². The monoisotopic (exact) mass is 255 g/mol. The summed E-state index contributed by atoms with van der Waals surface area (Å²) < 4.78 is 0. The van der Waals surface area contributed by atoms with Crippen LogP contribution in [0.25, 0.3) is 0 Å². The molecule has 0 amide bonds. The highest BCUT2D eigenvalue weighted by Crippen LogP contribution is 2.30. The van der Waals surface area contributed by atoms with Gasteiger partial charge in [0.15, 0.2) is 0 Å². The lowest BCUT2D eigenvalue weighted by molar-refractivity contribution is -0.139. The Morgan fingerprint density at radius 1 is 1.28 bits per heavy atom. The Hall–Kier alpha value is -0.570. The van der Waals surface area contributed by atoms with Crippen molar-refractivity contribution >= 4 is 5.97 Å². The summed E-state index contributed by atoms with van der Waals surface area (Å²) in [4.78, 5) is 13.1. The predicted molar refractivity (Wildman–Crippen MR) is 74.8 cm³/mol. The lowest BCUT2D eigenvalue weighted by Gasteiger charge is -2.27. The van der Waals surface area contributed by atoms with Gasteiger partial charge in [-0.1, -0.05) is 39.0 Å². The quantitative estimate of drug-likeness (QED) is 0.574. The molecule has 1 atom stereocenters. The van der Waals surface area contributed by atoms with Gasteiger partial charge in [-0.05, 0) is 32.1 Å². The Balaban J connectivity index is 2.19. The molecule has 0 aromatic rings. The van der Waals surface area contributed by atoms with Gasteiger partial charge in [-0.2, -0.15) is 0 Å². The number of carboxylic acids is 1. The summed E-state index contributed by atoms with van der Waals surface area (Å²) >= 11 is 0. The van der Waals surface area contributed by atoms with Gasteiger partial charge in [-0.15, -0.1) is 0 Å². The van der Waals surface area contributed by atoms with Gasteiger partial charge in [-0.3, -0.25) is 9.69 Å². The Bertz CT molecular complexity index is 239. The zero-order valence-corrected chi connectivity index (χ0v) is 12.0. The van der Waals surface area contributed by atoms with Crippen LogP contribution >= 0.6 is 0 Å². The fourth-order valence-electron chi connectivity index (χ4n) is 2.43. The summed E-state index contributed by atoms with van der Waals surface area (Å²) in [5.74, 6) is 0.0837. The van der Waals surface area contributed by atoms with Crippen molar-refractivity contribution in [3.8, 4) is 0 Å². The third-order valence-corrected chi connectivity index (χ3v) is 3.88. The average molecular weight is 255 g/mol. The van der Waals surface area contributed by atoms with E-state index >= 15 is 0 Å². The minimum absolute atomic E-state index is 0.215.